The highest BCUT2D eigenvalue weighted by Crippen LogP contribution is 2.47. The highest BCUT2D eigenvalue weighted by Gasteiger charge is 2.26. The molecule has 0 aliphatic heterocycles. The molecular weight excluding hydrogens is 859 g/mol. The summed E-state index contributed by atoms with van der Waals surface area (Å²) >= 11 is 1.84. The second-order valence-electron chi connectivity index (χ2n) is 17.9. The quantitative estimate of drug-likeness (QED) is 0.173. The van der Waals surface area contributed by atoms with Crippen LogP contribution in [0.15, 0.2) is 224 Å². The van der Waals surface area contributed by atoms with E-state index in [1.165, 1.54) is 52.5 Å². The van der Waals surface area contributed by atoms with Crippen molar-refractivity contribution in [2.24, 2.45) is 0 Å². The van der Waals surface area contributed by atoms with Gasteiger partial charge in [-0.1, -0.05) is 164 Å². The average Bonchev–Trinajstić information content (AvgIpc) is 4.08. The first-order valence-electron chi connectivity index (χ1n) is 23.3. The molecule has 15 aromatic rings. The zero-order valence-electron chi connectivity index (χ0n) is 37.0. The fourth-order valence-corrected chi connectivity index (χ4v) is 12.3. The van der Waals surface area contributed by atoms with Crippen LogP contribution in [-0.2, 0) is 0 Å². The van der Waals surface area contributed by atoms with Crippen molar-refractivity contribution in [2.45, 2.75) is 0 Å². The predicted octanol–water partition coefficient (Wildman–Crippen LogP) is 16.9. The van der Waals surface area contributed by atoms with Crippen molar-refractivity contribution < 1.29 is 0 Å². The third-order valence-corrected chi connectivity index (χ3v) is 15.3. The van der Waals surface area contributed by atoms with Gasteiger partial charge in [0.15, 0.2) is 17.5 Å². The number of benzene rings is 11. The van der Waals surface area contributed by atoms with Gasteiger partial charge in [-0.25, -0.2) is 15.0 Å². The van der Waals surface area contributed by atoms with Crippen molar-refractivity contribution in [3.63, 3.8) is 0 Å². The van der Waals surface area contributed by atoms with Crippen LogP contribution in [0, 0.1) is 0 Å². The van der Waals surface area contributed by atoms with Crippen LogP contribution in [-0.4, -0.2) is 24.1 Å². The number of para-hydroxylation sites is 4. The lowest BCUT2D eigenvalue weighted by molar-refractivity contribution is 1.07. The van der Waals surface area contributed by atoms with Crippen LogP contribution in [0.5, 0.6) is 0 Å². The Balaban J connectivity index is 1.11. The molecule has 69 heavy (non-hydrogen) atoms. The molecule has 15 rings (SSSR count). The number of nitrogens with zero attached hydrogens (tertiary/aromatic N) is 5. The van der Waals surface area contributed by atoms with Crippen LogP contribution in [0.1, 0.15) is 0 Å². The van der Waals surface area contributed by atoms with Gasteiger partial charge in [0.1, 0.15) is 0 Å². The van der Waals surface area contributed by atoms with Gasteiger partial charge < -0.3 is 9.13 Å². The Morgan fingerprint density at radius 2 is 0.957 bits per heavy atom. The maximum absolute atomic E-state index is 5.75. The van der Waals surface area contributed by atoms with Crippen LogP contribution in [0.25, 0.3) is 142 Å². The van der Waals surface area contributed by atoms with Gasteiger partial charge in [-0.15, -0.1) is 11.3 Å². The Kier molecular flexibility index (Phi) is 8.17. The first-order chi connectivity index (χ1) is 34.2. The molecule has 0 aliphatic carbocycles. The lowest BCUT2D eigenvalue weighted by Crippen LogP contribution is -2.05. The second kappa shape index (κ2) is 14.8. The van der Waals surface area contributed by atoms with Gasteiger partial charge in [-0.05, 0) is 93.0 Å². The summed E-state index contributed by atoms with van der Waals surface area (Å²) in [5.74, 6) is 1.83. The van der Waals surface area contributed by atoms with Gasteiger partial charge >= 0.3 is 0 Å². The summed E-state index contributed by atoms with van der Waals surface area (Å²) in [7, 11) is 0. The van der Waals surface area contributed by atoms with Crippen LogP contribution in [0.4, 0.5) is 0 Å². The third-order valence-electron chi connectivity index (χ3n) is 14.1. The van der Waals surface area contributed by atoms with Gasteiger partial charge in [0.05, 0.1) is 33.3 Å². The first-order valence-corrected chi connectivity index (χ1v) is 24.2. The molecule has 0 radical (unpaired) electrons. The molecule has 5 nitrogen and oxygen atoms in total. The van der Waals surface area contributed by atoms with Gasteiger partial charge in [-0.2, -0.15) is 0 Å². The molecule has 0 spiro atoms. The third kappa shape index (κ3) is 5.73. The second-order valence-corrected chi connectivity index (χ2v) is 19.0. The van der Waals surface area contributed by atoms with E-state index >= 15 is 0 Å². The van der Waals surface area contributed by atoms with E-state index in [1.807, 2.05) is 11.3 Å². The molecule has 4 aromatic heterocycles. The highest BCUT2D eigenvalue weighted by atomic mass is 32.1. The summed E-state index contributed by atoms with van der Waals surface area (Å²) in [4.78, 5) is 16.9. The molecule has 11 aromatic carbocycles. The number of thiophene rings is 1. The smallest absolute Gasteiger partial charge is 0.166 e. The summed E-state index contributed by atoms with van der Waals surface area (Å²) in [6, 6.07) is 80.9. The molecule has 320 valence electrons. The lowest BCUT2D eigenvalue weighted by atomic mass is 10.00. The summed E-state index contributed by atoms with van der Waals surface area (Å²) < 4.78 is 7.23. The number of hydrogen-bond acceptors (Lipinski definition) is 4. The molecular formula is C63H37N5S. The van der Waals surface area contributed by atoms with E-state index in [9.17, 15) is 0 Å². The van der Waals surface area contributed by atoms with E-state index in [1.54, 1.807) is 0 Å². The SMILES string of the molecule is c1ccc(-n2c3ccccc3c3cccc(-c4nc(-c5ccc6ccccc6c5)nc(-c5c(-n6c7ccccc7c7cc8ccccc8cc76)ccc6sc7c8ccccc8ccc7c56)n4)c32)cc1. The summed E-state index contributed by atoms with van der Waals surface area (Å²) in [5, 5.41) is 14.1. The van der Waals surface area contributed by atoms with E-state index in [-0.39, 0.29) is 0 Å². The molecule has 0 saturated carbocycles. The molecule has 0 N–H and O–H groups in total. The minimum Gasteiger partial charge on any atom is -0.309 e. The molecule has 0 saturated heterocycles. The zero-order valence-corrected chi connectivity index (χ0v) is 37.8. The topological polar surface area (TPSA) is 48.5 Å². The monoisotopic (exact) mass is 895 g/mol. The fraction of sp³-hybridized carbons (Fsp3) is 0. The summed E-state index contributed by atoms with van der Waals surface area (Å²) in [6.45, 7) is 0. The van der Waals surface area contributed by atoms with Crippen LogP contribution >= 0.6 is 11.3 Å². The van der Waals surface area contributed by atoms with Crippen molar-refractivity contribution in [3.8, 4) is 45.5 Å². The van der Waals surface area contributed by atoms with Crippen molar-refractivity contribution in [1.82, 2.24) is 24.1 Å². The molecule has 6 heteroatoms. The Morgan fingerprint density at radius 3 is 1.77 bits per heavy atom. The van der Waals surface area contributed by atoms with Gasteiger partial charge in [-0.3, -0.25) is 0 Å². The van der Waals surface area contributed by atoms with Gasteiger partial charge in [0, 0.05) is 58.5 Å². The van der Waals surface area contributed by atoms with Gasteiger partial charge in [0.25, 0.3) is 0 Å². The summed E-state index contributed by atoms with van der Waals surface area (Å²) in [5.41, 5.74) is 9.31. The van der Waals surface area contributed by atoms with E-state index in [4.69, 9.17) is 15.0 Å². The molecule has 0 aliphatic rings. The van der Waals surface area contributed by atoms with E-state index in [0.717, 1.165) is 71.7 Å². The molecule has 0 atom stereocenters. The minimum atomic E-state index is 0.606. The summed E-state index contributed by atoms with van der Waals surface area (Å²) in [6.07, 6.45) is 0. The average molecular weight is 896 g/mol. The molecule has 0 amide bonds. The number of aromatic nitrogens is 5. The molecule has 4 heterocycles. The first kappa shape index (κ1) is 38.2. The molecule has 0 bridgehead atoms. The zero-order chi connectivity index (χ0) is 45.2. The van der Waals surface area contributed by atoms with E-state index in [2.05, 4.69) is 234 Å². The number of rotatable bonds is 5. The lowest BCUT2D eigenvalue weighted by Gasteiger charge is -2.17. The highest BCUT2D eigenvalue weighted by molar-refractivity contribution is 7.26. The van der Waals surface area contributed by atoms with E-state index in [0.29, 0.717) is 17.5 Å². The van der Waals surface area contributed by atoms with Crippen molar-refractivity contribution in [2.75, 3.05) is 0 Å². The molecule has 0 unspecified atom stereocenters. The Bertz CT molecular complexity index is 4620. The van der Waals surface area contributed by atoms with Crippen LogP contribution in [0.3, 0.4) is 0 Å². The minimum absolute atomic E-state index is 0.606. The normalized spacial score (nSPS) is 12.1. The van der Waals surface area contributed by atoms with Crippen molar-refractivity contribution in [1.29, 1.82) is 0 Å². The van der Waals surface area contributed by atoms with E-state index < -0.39 is 0 Å². The number of fused-ring (bicyclic) bond motifs is 13. The maximum atomic E-state index is 5.75. The number of hydrogen-bond donors (Lipinski definition) is 0. The fourth-order valence-electron chi connectivity index (χ4n) is 11.0. The largest absolute Gasteiger partial charge is 0.309 e. The predicted molar refractivity (Wildman–Crippen MR) is 290 cm³/mol. The van der Waals surface area contributed by atoms with Crippen molar-refractivity contribution in [3.05, 3.63) is 224 Å². The van der Waals surface area contributed by atoms with Crippen molar-refractivity contribution >= 4 is 107 Å². The van der Waals surface area contributed by atoms with Crippen LogP contribution in [0.2, 0.25) is 0 Å². The maximum Gasteiger partial charge on any atom is 0.166 e. The van der Waals surface area contributed by atoms with Crippen LogP contribution < -0.4 is 0 Å². The molecule has 0 fully saturated rings. The Hall–Kier alpha value is -8.97. The Morgan fingerprint density at radius 1 is 0.348 bits per heavy atom. The Labute approximate surface area is 399 Å². The standard InChI is InChI=1S/C63H37N5S/c1-2-20-44(21-3-1)67-52-27-12-10-23-46(52)48-25-14-26-50(59(48)67)62-64-61(43-30-29-38-15-4-5-17-40(38)35-43)65-63(66-62)58-54(33-34-56-57(58)49-32-31-39-16-8-9-22-45(39)60(49)69-56)68-53-28-13-11-24-47(53)51-36-41-18-6-7-19-42(41)37-55(51)68/h1-37H. The van der Waals surface area contributed by atoms with Gasteiger partial charge in [0.2, 0.25) is 0 Å².